The molecule has 4 heteroatoms. The van der Waals surface area contributed by atoms with Crippen LogP contribution < -0.4 is 0 Å². The first-order valence-electron chi connectivity index (χ1n) is 7.82. The van der Waals surface area contributed by atoms with Crippen LogP contribution in [0, 0.1) is 0 Å². The predicted molar refractivity (Wildman–Crippen MR) is 80.5 cm³/mol. The molecule has 3 unspecified atom stereocenters. The molecule has 0 spiro atoms. The van der Waals surface area contributed by atoms with Crippen LogP contribution in [-0.4, -0.2) is 40.2 Å². The molecule has 3 atom stereocenters. The molecule has 4 nitrogen and oxygen atoms in total. The number of benzene rings is 1. The number of carbonyl (C=O) groups is 2. The van der Waals surface area contributed by atoms with Crippen LogP contribution in [0.25, 0.3) is 0 Å². The van der Waals surface area contributed by atoms with Crippen molar-refractivity contribution in [2.45, 2.75) is 51.2 Å². The van der Waals surface area contributed by atoms with Crippen molar-refractivity contribution in [2.75, 3.05) is 6.54 Å². The number of rotatable bonds is 3. The Hall–Kier alpha value is -1.84. The number of fused-ring (bicyclic) bond motifs is 1. The summed E-state index contributed by atoms with van der Waals surface area (Å²) in [4.78, 5) is 29.4. The van der Waals surface area contributed by atoms with Gasteiger partial charge in [0.2, 0.25) is 5.91 Å². The van der Waals surface area contributed by atoms with Crippen molar-refractivity contribution in [1.82, 2.24) is 9.80 Å². The SMILES string of the molecule is CCC(C)N1C(=O)C2CCCN2C(=O)C1c1ccccc1. The second kappa shape index (κ2) is 5.51. The number of amides is 2. The van der Waals surface area contributed by atoms with E-state index in [1.807, 2.05) is 42.2 Å². The molecule has 2 aliphatic rings. The second-order valence-corrected chi connectivity index (χ2v) is 6.01. The molecule has 2 fully saturated rings. The Kier molecular flexibility index (Phi) is 3.70. The maximum Gasteiger partial charge on any atom is 0.250 e. The van der Waals surface area contributed by atoms with E-state index in [-0.39, 0.29) is 23.9 Å². The average Bonchev–Trinajstić information content (AvgIpc) is 3.01. The number of nitrogens with zero attached hydrogens (tertiary/aromatic N) is 2. The minimum absolute atomic E-state index is 0.0782. The van der Waals surface area contributed by atoms with Gasteiger partial charge in [-0.2, -0.15) is 0 Å². The zero-order chi connectivity index (χ0) is 15.0. The van der Waals surface area contributed by atoms with Crippen molar-refractivity contribution in [3.05, 3.63) is 35.9 Å². The lowest BCUT2D eigenvalue weighted by Crippen LogP contribution is -2.60. The summed E-state index contributed by atoms with van der Waals surface area (Å²) in [5.41, 5.74) is 0.918. The largest absolute Gasteiger partial charge is 0.329 e. The molecule has 0 bridgehead atoms. The summed E-state index contributed by atoms with van der Waals surface area (Å²) in [5, 5.41) is 0. The van der Waals surface area contributed by atoms with Crippen LogP contribution >= 0.6 is 0 Å². The maximum atomic E-state index is 12.9. The van der Waals surface area contributed by atoms with E-state index in [9.17, 15) is 9.59 Å². The summed E-state index contributed by atoms with van der Waals surface area (Å²) in [5.74, 6) is 0.207. The average molecular weight is 286 g/mol. The van der Waals surface area contributed by atoms with Crippen LogP contribution in [0.5, 0.6) is 0 Å². The van der Waals surface area contributed by atoms with Crippen LogP contribution in [0.4, 0.5) is 0 Å². The van der Waals surface area contributed by atoms with Gasteiger partial charge in [-0.15, -0.1) is 0 Å². The molecule has 2 saturated heterocycles. The molecule has 0 aromatic heterocycles. The fourth-order valence-electron chi connectivity index (χ4n) is 3.47. The zero-order valence-electron chi connectivity index (χ0n) is 12.7. The minimum atomic E-state index is -0.456. The highest BCUT2D eigenvalue weighted by Crippen LogP contribution is 2.36. The van der Waals surface area contributed by atoms with Gasteiger partial charge in [-0.25, -0.2) is 0 Å². The van der Waals surface area contributed by atoms with Gasteiger partial charge in [-0.1, -0.05) is 37.3 Å². The van der Waals surface area contributed by atoms with E-state index >= 15 is 0 Å². The molecule has 1 aromatic rings. The van der Waals surface area contributed by atoms with Crippen LogP contribution in [0.2, 0.25) is 0 Å². The van der Waals surface area contributed by atoms with E-state index in [0.717, 1.165) is 24.8 Å². The Morgan fingerprint density at radius 3 is 2.57 bits per heavy atom. The third-order valence-electron chi connectivity index (χ3n) is 4.77. The first kappa shape index (κ1) is 14.1. The Morgan fingerprint density at radius 2 is 1.90 bits per heavy atom. The highest BCUT2D eigenvalue weighted by molar-refractivity contribution is 5.98. The molecule has 112 valence electrons. The molecule has 2 heterocycles. The second-order valence-electron chi connectivity index (χ2n) is 6.01. The van der Waals surface area contributed by atoms with Crippen molar-refractivity contribution < 1.29 is 9.59 Å². The summed E-state index contributed by atoms with van der Waals surface area (Å²) < 4.78 is 0. The molecule has 0 saturated carbocycles. The van der Waals surface area contributed by atoms with Crippen molar-refractivity contribution in [3.8, 4) is 0 Å². The number of piperazine rings is 1. The normalized spacial score (nSPS) is 27.0. The fraction of sp³-hybridized carbons (Fsp3) is 0.529. The smallest absolute Gasteiger partial charge is 0.250 e. The molecule has 2 amide bonds. The van der Waals surface area contributed by atoms with Gasteiger partial charge in [0, 0.05) is 12.6 Å². The van der Waals surface area contributed by atoms with Crippen molar-refractivity contribution in [1.29, 1.82) is 0 Å². The lowest BCUT2D eigenvalue weighted by Gasteiger charge is -2.45. The van der Waals surface area contributed by atoms with Gasteiger partial charge in [-0.05, 0) is 31.7 Å². The topological polar surface area (TPSA) is 40.6 Å². The van der Waals surface area contributed by atoms with E-state index < -0.39 is 6.04 Å². The third kappa shape index (κ3) is 2.23. The van der Waals surface area contributed by atoms with Gasteiger partial charge in [0.25, 0.3) is 5.91 Å². The summed E-state index contributed by atoms with van der Waals surface area (Å²) >= 11 is 0. The van der Waals surface area contributed by atoms with Crippen molar-refractivity contribution >= 4 is 11.8 Å². The lowest BCUT2D eigenvalue weighted by molar-refractivity contribution is -0.162. The lowest BCUT2D eigenvalue weighted by atomic mass is 9.96. The molecule has 2 aliphatic heterocycles. The van der Waals surface area contributed by atoms with Gasteiger partial charge in [-0.3, -0.25) is 9.59 Å². The Morgan fingerprint density at radius 1 is 1.19 bits per heavy atom. The van der Waals surface area contributed by atoms with E-state index in [4.69, 9.17) is 0 Å². The molecule has 0 radical (unpaired) electrons. The Balaban J connectivity index is 2.04. The summed E-state index contributed by atoms with van der Waals surface area (Å²) in [6.07, 6.45) is 2.59. The Labute approximate surface area is 125 Å². The number of hydrogen-bond acceptors (Lipinski definition) is 2. The molecule has 0 aliphatic carbocycles. The molecule has 21 heavy (non-hydrogen) atoms. The monoisotopic (exact) mass is 286 g/mol. The number of hydrogen-bond donors (Lipinski definition) is 0. The van der Waals surface area contributed by atoms with E-state index in [2.05, 4.69) is 6.92 Å². The summed E-state index contributed by atoms with van der Waals surface area (Å²) in [7, 11) is 0. The van der Waals surface area contributed by atoms with Gasteiger partial charge in [0.05, 0.1) is 0 Å². The Bertz CT molecular complexity index is 543. The van der Waals surface area contributed by atoms with Crippen molar-refractivity contribution in [2.24, 2.45) is 0 Å². The van der Waals surface area contributed by atoms with E-state index in [1.54, 1.807) is 4.90 Å². The van der Waals surface area contributed by atoms with Gasteiger partial charge in [0.1, 0.15) is 12.1 Å². The van der Waals surface area contributed by atoms with E-state index in [0.29, 0.717) is 6.54 Å². The molecular weight excluding hydrogens is 264 g/mol. The molecule has 0 N–H and O–H groups in total. The summed E-state index contributed by atoms with van der Waals surface area (Å²) in [6, 6.07) is 9.08. The van der Waals surface area contributed by atoms with Crippen LogP contribution in [0.15, 0.2) is 30.3 Å². The maximum absolute atomic E-state index is 12.9. The van der Waals surface area contributed by atoms with Crippen LogP contribution in [0.3, 0.4) is 0 Å². The van der Waals surface area contributed by atoms with Gasteiger partial charge in [0.15, 0.2) is 0 Å². The van der Waals surface area contributed by atoms with Crippen LogP contribution in [0.1, 0.15) is 44.7 Å². The highest BCUT2D eigenvalue weighted by atomic mass is 16.2. The van der Waals surface area contributed by atoms with Gasteiger partial charge >= 0.3 is 0 Å². The minimum Gasteiger partial charge on any atom is -0.329 e. The number of carbonyl (C=O) groups excluding carboxylic acids is 2. The van der Waals surface area contributed by atoms with Gasteiger partial charge < -0.3 is 9.80 Å². The quantitative estimate of drug-likeness (QED) is 0.856. The predicted octanol–water partition coefficient (Wildman–Crippen LogP) is 2.36. The molecule has 1 aromatic carbocycles. The first-order valence-corrected chi connectivity index (χ1v) is 7.82. The fourth-order valence-corrected chi connectivity index (χ4v) is 3.47. The van der Waals surface area contributed by atoms with E-state index in [1.165, 1.54) is 0 Å². The molecular formula is C17H22N2O2. The highest BCUT2D eigenvalue weighted by Gasteiger charge is 2.49. The third-order valence-corrected chi connectivity index (χ3v) is 4.77. The summed E-state index contributed by atoms with van der Waals surface area (Å²) in [6.45, 7) is 4.81. The standard InChI is InChI=1S/C17H22N2O2/c1-3-12(2)19-15(13-8-5-4-6-9-13)17(21)18-11-7-10-14(18)16(19)20/h4-6,8-9,12,14-15H,3,7,10-11H2,1-2H3. The molecule has 3 rings (SSSR count). The van der Waals surface area contributed by atoms with Crippen molar-refractivity contribution in [3.63, 3.8) is 0 Å². The van der Waals surface area contributed by atoms with Crippen LogP contribution in [-0.2, 0) is 9.59 Å². The zero-order valence-corrected chi connectivity index (χ0v) is 12.7. The first-order chi connectivity index (χ1) is 10.1.